The second-order valence-corrected chi connectivity index (χ2v) is 5.96. The van der Waals surface area contributed by atoms with Crippen LogP contribution in [0.5, 0.6) is 0 Å². The Kier molecular flexibility index (Phi) is 5.98. The minimum Gasteiger partial charge on any atom is -0.356 e. The fourth-order valence-electron chi connectivity index (χ4n) is 3.26. The number of piperidine rings is 1. The second-order valence-electron chi connectivity index (χ2n) is 5.96. The summed E-state index contributed by atoms with van der Waals surface area (Å²) >= 11 is 0. The van der Waals surface area contributed by atoms with Crippen LogP contribution in [-0.2, 0) is 4.79 Å². The molecule has 1 saturated heterocycles. The van der Waals surface area contributed by atoms with Gasteiger partial charge in [-0.05, 0) is 51.1 Å². The lowest BCUT2D eigenvalue weighted by molar-refractivity contribution is -0.125. The van der Waals surface area contributed by atoms with E-state index in [4.69, 9.17) is 0 Å². The number of nitrogens with one attached hydrogen (secondary N) is 2. The van der Waals surface area contributed by atoms with Gasteiger partial charge in [0, 0.05) is 12.5 Å². The van der Waals surface area contributed by atoms with Gasteiger partial charge in [-0.15, -0.1) is 0 Å². The van der Waals surface area contributed by atoms with Crippen LogP contribution in [0.1, 0.15) is 57.8 Å². The highest BCUT2D eigenvalue weighted by atomic mass is 16.1. The van der Waals surface area contributed by atoms with E-state index in [0.29, 0.717) is 11.8 Å². The Morgan fingerprint density at radius 1 is 1.00 bits per heavy atom. The third-order valence-electron chi connectivity index (χ3n) is 4.54. The van der Waals surface area contributed by atoms with Crippen LogP contribution in [0.3, 0.4) is 0 Å². The molecule has 2 aliphatic rings. The maximum Gasteiger partial charge on any atom is 0.223 e. The topological polar surface area (TPSA) is 41.1 Å². The largest absolute Gasteiger partial charge is 0.356 e. The summed E-state index contributed by atoms with van der Waals surface area (Å²) in [4.78, 5) is 12.1. The van der Waals surface area contributed by atoms with Gasteiger partial charge in [-0.3, -0.25) is 4.79 Å². The van der Waals surface area contributed by atoms with Gasteiger partial charge in [0.2, 0.25) is 5.91 Å². The van der Waals surface area contributed by atoms with E-state index in [9.17, 15) is 4.79 Å². The van der Waals surface area contributed by atoms with Crippen molar-refractivity contribution in [1.82, 2.24) is 10.6 Å². The van der Waals surface area contributed by atoms with Crippen molar-refractivity contribution in [2.75, 3.05) is 19.6 Å². The molecule has 0 atom stereocenters. The molecule has 1 saturated carbocycles. The van der Waals surface area contributed by atoms with E-state index in [1.807, 2.05) is 0 Å². The first-order valence-corrected chi connectivity index (χ1v) is 7.84. The normalized spacial score (nSPS) is 23.6. The van der Waals surface area contributed by atoms with E-state index < -0.39 is 0 Å². The molecule has 0 unspecified atom stereocenters. The van der Waals surface area contributed by atoms with Crippen molar-refractivity contribution < 1.29 is 4.79 Å². The van der Waals surface area contributed by atoms with Crippen molar-refractivity contribution in [3.05, 3.63) is 0 Å². The molecule has 104 valence electrons. The Morgan fingerprint density at radius 2 is 1.67 bits per heavy atom. The molecule has 3 nitrogen and oxygen atoms in total. The summed E-state index contributed by atoms with van der Waals surface area (Å²) in [5.41, 5.74) is 0. The molecule has 0 bridgehead atoms. The van der Waals surface area contributed by atoms with Gasteiger partial charge >= 0.3 is 0 Å². The zero-order chi connectivity index (χ0) is 12.6. The third-order valence-corrected chi connectivity index (χ3v) is 4.54. The zero-order valence-corrected chi connectivity index (χ0v) is 11.5. The van der Waals surface area contributed by atoms with E-state index >= 15 is 0 Å². The minimum absolute atomic E-state index is 0.306. The SMILES string of the molecule is O=C(NCCC1CCNCC1)C1CCCCCC1. The molecule has 2 fully saturated rings. The Bertz CT molecular complexity index is 241. The fraction of sp³-hybridized carbons (Fsp3) is 0.933. The first kappa shape index (κ1) is 13.9. The molecule has 2 rings (SSSR count). The second kappa shape index (κ2) is 7.78. The van der Waals surface area contributed by atoms with Gasteiger partial charge in [0.1, 0.15) is 0 Å². The van der Waals surface area contributed by atoms with Crippen molar-refractivity contribution in [3.8, 4) is 0 Å². The quantitative estimate of drug-likeness (QED) is 0.755. The Morgan fingerprint density at radius 3 is 2.33 bits per heavy atom. The zero-order valence-electron chi connectivity index (χ0n) is 11.5. The average Bonchev–Trinajstić information content (AvgIpc) is 2.69. The molecule has 1 heterocycles. The summed E-state index contributed by atoms with van der Waals surface area (Å²) < 4.78 is 0. The molecule has 0 spiro atoms. The monoisotopic (exact) mass is 252 g/mol. The molecule has 1 aliphatic carbocycles. The molecule has 2 N–H and O–H groups in total. The highest BCUT2D eigenvalue weighted by Crippen LogP contribution is 2.23. The minimum atomic E-state index is 0.306. The number of hydrogen-bond acceptors (Lipinski definition) is 2. The van der Waals surface area contributed by atoms with Crippen LogP contribution in [0.15, 0.2) is 0 Å². The molecule has 0 aromatic rings. The molecule has 3 heteroatoms. The predicted molar refractivity (Wildman–Crippen MR) is 74.4 cm³/mol. The van der Waals surface area contributed by atoms with Gasteiger partial charge in [0.25, 0.3) is 0 Å². The predicted octanol–water partition coefficient (Wildman–Crippen LogP) is 2.46. The summed E-state index contributed by atoms with van der Waals surface area (Å²) in [5.74, 6) is 1.45. The average molecular weight is 252 g/mol. The molecule has 1 amide bonds. The van der Waals surface area contributed by atoms with Crippen LogP contribution in [0, 0.1) is 11.8 Å². The van der Waals surface area contributed by atoms with Crippen LogP contribution in [-0.4, -0.2) is 25.5 Å². The van der Waals surface area contributed by atoms with Crippen molar-refractivity contribution in [1.29, 1.82) is 0 Å². The number of hydrogen-bond donors (Lipinski definition) is 2. The van der Waals surface area contributed by atoms with Crippen LogP contribution < -0.4 is 10.6 Å². The van der Waals surface area contributed by atoms with E-state index in [1.165, 1.54) is 44.9 Å². The molecular weight excluding hydrogens is 224 g/mol. The molecule has 0 aromatic heterocycles. The summed E-state index contributed by atoms with van der Waals surface area (Å²) in [7, 11) is 0. The van der Waals surface area contributed by atoms with Crippen LogP contribution in [0.4, 0.5) is 0 Å². The summed E-state index contributed by atoms with van der Waals surface area (Å²) in [6, 6.07) is 0. The van der Waals surface area contributed by atoms with Crippen molar-refractivity contribution in [3.63, 3.8) is 0 Å². The standard InChI is InChI=1S/C15H28N2O/c18-15(14-5-3-1-2-4-6-14)17-12-9-13-7-10-16-11-8-13/h13-14,16H,1-12H2,(H,17,18). The summed E-state index contributed by atoms with van der Waals surface area (Å²) in [6.07, 6.45) is 11.1. The lowest BCUT2D eigenvalue weighted by Crippen LogP contribution is -2.34. The van der Waals surface area contributed by atoms with Gasteiger partial charge in [-0.1, -0.05) is 25.7 Å². The van der Waals surface area contributed by atoms with Gasteiger partial charge in [0.15, 0.2) is 0 Å². The summed E-state index contributed by atoms with van der Waals surface area (Å²) in [6.45, 7) is 3.20. The van der Waals surface area contributed by atoms with Crippen LogP contribution >= 0.6 is 0 Å². The van der Waals surface area contributed by atoms with Crippen LogP contribution in [0.25, 0.3) is 0 Å². The smallest absolute Gasteiger partial charge is 0.223 e. The van der Waals surface area contributed by atoms with E-state index in [1.54, 1.807) is 0 Å². The van der Waals surface area contributed by atoms with Gasteiger partial charge in [0.05, 0.1) is 0 Å². The lowest BCUT2D eigenvalue weighted by atomic mass is 9.94. The van der Waals surface area contributed by atoms with E-state index in [-0.39, 0.29) is 0 Å². The highest BCUT2D eigenvalue weighted by molar-refractivity contribution is 5.78. The van der Waals surface area contributed by atoms with Crippen molar-refractivity contribution in [2.24, 2.45) is 11.8 Å². The molecule has 1 aliphatic heterocycles. The number of rotatable bonds is 4. The maximum absolute atomic E-state index is 12.1. The van der Waals surface area contributed by atoms with Gasteiger partial charge < -0.3 is 10.6 Å². The van der Waals surface area contributed by atoms with Crippen LogP contribution in [0.2, 0.25) is 0 Å². The van der Waals surface area contributed by atoms with Crippen molar-refractivity contribution >= 4 is 5.91 Å². The number of amides is 1. The third kappa shape index (κ3) is 4.60. The lowest BCUT2D eigenvalue weighted by Gasteiger charge is -2.23. The Hall–Kier alpha value is -0.570. The summed E-state index contributed by atoms with van der Waals surface area (Å²) in [5, 5.41) is 6.55. The first-order chi connectivity index (χ1) is 8.86. The Balaban J connectivity index is 1.61. The molecule has 0 aromatic carbocycles. The first-order valence-electron chi connectivity index (χ1n) is 7.84. The van der Waals surface area contributed by atoms with Gasteiger partial charge in [-0.25, -0.2) is 0 Å². The van der Waals surface area contributed by atoms with E-state index in [2.05, 4.69) is 10.6 Å². The molecule has 18 heavy (non-hydrogen) atoms. The maximum atomic E-state index is 12.1. The fourth-order valence-corrected chi connectivity index (χ4v) is 3.26. The highest BCUT2D eigenvalue weighted by Gasteiger charge is 2.20. The Labute approximate surface area is 111 Å². The van der Waals surface area contributed by atoms with Gasteiger partial charge in [-0.2, -0.15) is 0 Å². The number of carbonyl (C=O) groups excluding carboxylic acids is 1. The number of carbonyl (C=O) groups is 1. The molecule has 0 radical (unpaired) electrons. The van der Waals surface area contributed by atoms with E-state index in [0.717, 1.165) is 38.4 Å². The van der Waals surface area contributed by atoms with Crippen molar-refractivity contribution in [2.45, 2.75) is 57.8 Å². The molecular formula is C15H28N2O.